The largest absolute Gasteiger partial charge is 0.594 e. The second-order valence-electron chi connectivity index (χ2n) is 2.71. The van der Waals surface area contributed by atoms with Crippen molar-refractivity contribution >= 4 is 23.6 Å². The van der Waals surface area contributed by atoms with Gasteiger partial charge in [0.25, 0.3) is 0 Å². The third-order valence-corrected chi connectivity index (χ3v) is 1.88. The van der Waals surface area contributed by atoms with Crippen molar-refractivity contribution in [1.82, 2.24) is 5.10 Å². The fourth-order valence-corrected chi connectivity index (χ4v) is 1.10. The Balaban J connectivity index is 2.94. The normalized spacial score (nSPS) is 11.2. The molecule has 0 unspecified atom stereocenters. The predicted molar refractivity (Wildman–Crippen MR) is 55.4 cm³/mol. The van der Waals surface area contributed by atoms with Crippen LogP contribution in [0.25, 0.3) is 6.08 Å². The molecule has 1 aromatic heterocycles. The molecule has 0 saturated heterocycles. The number of hydrogen-bond acceptors (Lipinski definition) is 5. The molecule has 0 bridgehead atoms. The molecule has 1 aromatic rings. The first-order valence-electron chi connectivity index (χ1n) is 4.38. The first kappa shape index (κ1) is 12.3. The molecule has 7 heteroatoms. The zero-order valence-electron chi connectivity index (χ0n) is 8.38. The third kappa shape index (κ3) is 3.09. The predicted octanol–water partition coefficient (Wildman–Crippen LogP) is 0.830. The zero-order chi connectivity index (χ0) is 12.1. The van der Waals surface area contributed by atoms with E-state index in [0.717, 1.165) is 12.3 Å². The summed E-state index contributed by atoms with van der Waals surface area (Å²) in [5, 5.41) is 23.3. The molecule has 1 N–H and O–H groups in total. The van der Waals surface area contributed by atoms with Crippen LogP contribution in [-0.4, -0.2) is 22.8 Å². The SMILES string of the molecule is CCOC(=O)/C(O)=C\c1cc[n+]([O-])nc1Cl. The van der Waals surface area contributed by atoms with Gasteiger partial charge in [0.2, 0.25) is 17.1 Å². The minimum Gasteiger partial charge on any atom is -0.594 e. The fraction of sp³-hybridized carbons (Fsp3) is 0.222. The van der Waals surface area contributed by atoms with Gasteiger partial charge in [-0.25, -0.2) is 4.79 Å². The van der Waals surface area contributed by atoms with E-state index < -0.39 is 11.7 Å². The molecule has 0 amide bonds. The molecule has 0 aliphatic carbocycles. The molecule has 0 aliphatic rings. The smallest absolute Gasteiger partial charge is 0.373 e. The van der Waals surface area contributed by atoms with Gasteiger partial charge in [-0.3, -0.25) is 0 Å². The molecular weight excluding hydrogens is 236 g/mol. The van der Waals surface area contributed by atoms with E-state index in [1.165, 1.54) is 6.07 Å². The molecule has 0 aliphatic heterocycles. The number of carbonyl (C=O) groups excluding carboxylic acids is 1. The number of hydrogen-bond donors (Lipinski definition) is 1. The Hall–Kier alpha value is -1.82. The zero-order valence-corrected chi connectivity index (χ0v) is 9.14. The number of halogens is 1. The van der Waals surface area contributed by atoms with E-state index in [0.29, 0.717) is 0 Å². The van der Waals surface area contributed by atoms with Crippen molar-refractivity contribution in [3.8, 4) is 0 Å². The average molecular weight is 245 g/mol. The average Bonchev–Trinajstić information content (AvgIpc) is 2.22. The first-order valence-corrected chi connectivity index (χ1v) is 4.76. The molecule has 0 aromatic carbocycles. The summed E-state index contributed by atoms with van der Waals surface area (Å²) in [6, 6.07) is 1.32. The molecule has 86 valence electrons. The van der Waals surface area contributed by atoms with E-state index in [1.54, 1.807) is 6.92 Å². The summed E-state index contributed by atoms with van der Waals surface area (Å²) in [4.78, 5) is 11.3. The summed E-state index contributed by atoms with van der Waals surface area (Å²) >= 11 is 5.62. The molecule has 0 saturated carbocycles. The Labute approximate surface area is 96.3 Å². The number of aromatic nitrogens is 2. The highest BCUT2D eigenvalue weighted by molar-refractivity contribution is 6.30. The number of aliphatic hydroxyl groups excluding tert-OH is 1. The van der Waals surface area contributed by atoms with Gasteiger partial charge in [0.1, 0.15) is 0 Å². The minimum atomic E-state index is -0.864. The lowest BCUT2D eigenvalue weighted by Gasteiger charge is -2.00. The van der Waals surface area contributed by atoms with Gasteiger partial charge in [0.15, 0.2) is 0 Å². The lowest BCUT2D eigenvalue weighted by Crippen LogP contribution is -2.30. The van der Waals surface area contributed by atoms with E-state index >= 15 is 0 Å². The van der Waals surface area contributed by atoms with Crippen LogP contribution < -0.4 is 4.85 Å². The minimum absolute atomic E-state index is 0.117. The van der Waals surface area contributed by atoms with Gasteiger partial charge in [-0.15, -0.1) is 0 Å². The van der Waals surface area contributed by atoms with E-state index in [4.69, 9.17) is 11.6 Å². The van der Waals surface area contributed by atoms with Gasteiger partial charge in [0, 0.05) is 16.7 Å². The van der Waals surface area contributed by atoms with Crippen molar-refractivity contribution in [3.63, 3.8) is 0 Å². The van der Waals surface area contributed by atoms with Gasteiger partial charge in [-0.05, 0) is 13.0 Å². The maximum absolute atomic E-state index is 11.1. The van der Waals surface area contributed by atoms with E-state index in [1.807, 2.05) is 0 Å². The van der Waals surface area contributed by atoms with Crippen LogP contribution in [0.3, 0.4) is 0 Å². The summed E-state index contributed by atoms with van der Waals surface area (Å²) in [7, 11) is 0. The van der Waals surface area contributed by atoms with Crippen LogP contribution in [0.1, 0.15) is 12.5 Å². The van der Waals surface area contributed by atoms with Crippen LogP contribution in [0.4, 0.5) is 0 Å². The summed E-state index contributed by atoms with van der Waals surface area (Å²) in [6.07, 6.45) is 2.17. The number of esters is 1. The van der Waals surface area contributed by atoms with E-state index in [-0.39, 0.29) is 22.2 Å². The van der Waals surface area contributed by atoms with Gasteiger partial charge in [-0.2, -0.15) is 0 Å². The molecule has 16 heavy (non-hydrogen) atoms. The second kappa shape index (κ2) is 5.32. The molecule has 1 heterocycles. The number of nitrogens with zero attached hydrogens (tertiary/aromatic N) is 2. The number of ether oxygens (including phenoxy) is 1. The van der Waals surface area contributed by atoms with Gasteiger partial charge in [0.05, 0.1) is 6.61 Å². The molecule has 0 spiro atoms. The Bertz CT molecular complexity index is 434. The lowest BCUT2D eigenvalue weighted by molar-refractivity contribution is -0.669. The molecular formula is C9H9ClN2O4. The molecule has 0 fully saturated rings. The monoisotopic (exact) mass is 244 g/mol. The summed E-state index contributed by atoms with van der Waals surface area (Å²) < 4.78 is 4.55. The lowest BCUT2D eigenvalue weighted by atomic mass is 10.2. The van der Waals surface area contributed by atoms with Crippen molar-refractivity contribution in [2.75, 3.05) is 6.61 Å². The van der Waals surface area contributed by atoms with Crippen LogP contribution in [0.5, 0.6) is 0 Å². The number of carbonyl (C=O) groups is 1. The Kier molecular flexibility index (Phi) is 4.07. The maximum atomic E-state index is 11.1. The van der Waals surface area contributed by atoms with Crippen molar-refractivity contribution in [1.29, 1.82) is 0 Å². The highest BCUT2D eigenvalue weighted by Gasteiger charge is 2.11. The molecule has 0 radical (unpaired) electrons. The third-order valence-electron chi connectivity index (χ3n) is 1.58. The molecule has 1 rings (SSSR count). The summed E-state index contributed by atoms with van der Waals surface area (Å²) in [6.45, 7) is 1.76. The van der Waals surface area contributed by atoms with Crippen LogP contribution in [0, 0.1) is 5.21 Å². The van der Waals surface area contributed by atoms with E-state index in [2.05, 4.69) is 9.84 Å². The highest BCUT2D eigenvalue weighted by atomic mass is 35.5. The van der Waals surface area contributed by atoms with Crippen LogP contribution in [-0.2, 0) is 9.53 Å². The van der Waals surface area contributed by atoms with Gasteiger partial charge < -0.3 is 15.1 Å². The van der Waals surface area contributed by atoms with E-state index in [9.17, 15) is 15.1 Å². The first-order chi connectivity index (χ1) is 7.54. The highest BCUT2D eigenvalue weighted by Crippen LogP contribution is 2.13. The fourth-order valence-electron chi connectivity index (χ4n) is 0.909. The van der Waals surface area contributed by atoms with Crippen molar-refractivity contribution in [3.05, 3.63) is 33.9 Å². The van der Waals surface area contributed by atoms with Crippen LogP contribution in [0.15, 0.2) is 18.0 Å². The topological polar surface area (TPSA) is 86.4 Å². The van der Waals surface area contributed by atoms with Crippen molar-refractivity contribution in [2.24, 2.45) is 0 Å². The summed E-state index contributed by atoms with van der Waals surface area (Å²) in [5.74, 6) is -1.47. The van der Waals surface area contributed by atoms with Crippen LogP contribution >= 0.6 is 11.6 Å². The van der Waals surface area contributed by atoms with Gasteiger partial charge >= 0.3 is 5.97 Å². The Morgan fingerprint density at radius 3 is 3.06 bits per heavy atom. The quantitative estimate of drug-likeness (QED) is 0.280. The number of aliphatic hydroxyl groups is 1. The second-order valence-corrected chi connectivity index (χ2v) is 3.07. The Morgan fingerprint density at radius 1 is 1.81 bits per heavy atom. The molecule has 6 nitrogen and oxygen atoms in total. The standard InChI is InChI=1S/C9H9ClN2O4/c1-2-16-9(14)7(13)5-6-3-4-12(15)11-8(6)10/h3-5,13H,2H2,1H3/b7-5+. The van der Waals surface area contributed by atoms with Crippen molar-refractivity contribution in [2.45, 2.75) is 6.92 Å². The van der Waals surface area contributed by atoms with Gasteiger partial charge in [-0.1, -0.05) is 16.4 Å². The van der Waals surface area contributed by atoms with Crippen LogP contribution in [0.2, 0.25) is 5.15 Å². The molecule has 0 atom stereocenters. The number of rotatable bonds is 3. The maximum Gasteiger partial charge on any atom is 0.373 e. The Morgan fingerprint density at radius 2 is 2.50 bits per heavy atom. The van der Waals surface area contributed by atoms with Crippen molar-refractivity contribution < 1.29 is 19.5 Å². The summed E-state index contributed by atoms with van der Waals surface area (Å²) in [5.41, 5.74) is 0.249.